The monoisotopic (exact) mass is 212 g/mol. The molecular weight excluding hydrogens is 188 g/mol. The molecule has 0 aliphatic heterocycles. The third-order valence-electron chi connectivity index (χ3n) is 3.51. The van der Waals surface area contributed by atoms with E-state index in [4.69, 9.17) is 0 Å². The molecule has 0 aromatic rings. The highest BCUT2D eigenvalue weighted by atomic mass is 16.2. The van der Waals surface area contributed by atoms with Crippen LogP contribution in [0.4, 0.5) is 0 Å². The Bertz CT molecular complexity index is 216. The molecule has 88 valence electrons. The van der Waals surface area contributed by atoms with E-state index in [2.05, 4.69) is 24.5 Å². The van der Waals surface area contributed by atoms with Crippen LogP contribution in [0.2, 0.25) is 0 Å². The molecule has 0 aromatic heterocycles. The smallest absolute Gasteiger partial charge is 0.237 e. The minimum Gasteiger partial charge on any atom is -0.352 e. The van der Waals surface area contributed by atoms with E-state index in [1.165, 1.54) is 12.8 Å². The average Bonchev–Trinajstić information content (AvgIpc) is 2.20. The summed E-state index contributed by atoms with van der Waals surface area (Å²) in [7, 11) is 1.81. The van der Waals surface area contributed by atoms with E-state index in [0.29, 0.717) is 11.5 Å². The van der Waals surface area contributed by atoms with Gasteiger partial charge in [-0.15, -0.1) is 0 Å². The third-order valence-corrected chi connectivity index (χ3v) is 3.51. The second-order valence-corrected chi connectivity index (χ2v) is 5.46. The fourth-order valence-electron chi connectivity index (χ4n) is 2.00. The number of carbonyl (C=O) groups is 1. The Labute approximate surface area is 93.0 Å². The molecule has 1 aliphatic carbocycles. The fourth-order valence-corrected chi connectivity index (χ4v) is 2.00. The van der Waals surface area contributed by atoms with Gasteiger partial charge in [0.05, 0.1) is 6.04 Å². The lowest BCUT2D eigenvalue weighted by atomic mass is 9.75. The Balaban J connectivity index is 2.33. The molecule has 3 nitrogen and oxygen atoms in total. The lowest BCUT2D eigenvalue weighted by Gasteiger charge is -2.35. The first-order chi connectivity index (χ1) is 6.94. The molecule has 1 rings (SSSR count). The van der Waals surface area contributed by atoms with Crippen LogP contribution in [0.3, 0.4) is 0 Å². The molecule has 1 unspecified atom stereocenters. The number of rotatable bonds is 3. The highest BCUT2D eigenvalue weighted by Crippen LogP contribution is 2.34. The van der Waals surface area contributed by atoms with Crippen molar-refractivity contribution in [2.45, 2.75) is 58.5 Å². The molecule has 0 heterocycles. The van der Waals surface area contributed by atoms with Crippen molar-refractivity contribution >= 4 is 5.91 Å². The molecule has 3 heteroatoms. The van der Waals surface area contributed by atoms with Gasteiger partial charge in [-0.25, -0.2) is 0 Å². The van der Waals surface area contributed by atoms with Gasteiger partial charge in [-0.05, 0) is 45.1 Å². The van der Waals surface area contributed by atoms with Crippen LogP contribution in [0, 0.1) is 5.41 Å². The summed E-state index contributed by atoms with van der Waals surface area (Å²) in [5, 5.41) is 6.06. The van der Waals surface area contributed by atoms with Crippen LogP contribution in [0.1, 0.15) is 46.5 Å². The summed E-state index contributed by atoms with van der Waals surface area (Å²) in [6.45, 7) is 6.50. The van der Waals surface area contributed by atoms with Crippen LogP contribution < -0.4 is 10.6 Å². The van der Waals surface area contributed by atoms with Crippen molar-refractivity contribution in [3.8, 4) is 0 Å². The van der Waals surface area contributed by atoms with E-state index in [9.17, 15) is 4.79 Å². The first-order valence-corrected chi connectivity index (χ1v) is 5.92. The van der Waals surface area contributed by atoms with Crippen molar-refractivity contribution in [1.29, 1.82) is 0 Å². The molecule has 1 saturated carbocycles. The Hall–Kier alpha value is -0.570. The zero-order valence-corrected chi connectivity index (χ0v) is 10.4. The molecule has 0 saturated heterocycles. The van der Waals surface area contributed by atoms with E-state index < -0.39 is 0 Å². The zero-order chi connectivity index (χ0) is 11.5. The van der Waals surface area contributed by atoms with Crippen molar-refractivity contribution in [1.82, 2.24) is 10.6 Å². The Morgan fingerprint density at radius 1 is 1.33 bits per heavy atom. The molecule has 0 bridgehead atoms. The van der Waals surface area contributed by atoms with Gasteiger partial charge in [0, 0.05) is 6.04 Å². The van der Waals surface area contributed by atoms with Gasteiger partial charge in [0.15, 0.2) is 0 Å². The molecule has 1 aliphatic rings. The third kappa shape index (κ3) is 3.82. The molecule has 0 spiro atoms. The summed E-state index contributed by atoms with van der Waals surface area (Å²) >= 11 is 0. The van der Waals surface area contributed by atoms with Crippen molar-refractivity contribution in [3.63, 3.8) is 0 Å². The number of amides is 1. The van der Waals surface area contributed by atoms with Gasteiger partial charge in [-0.2, -0.15) is 0 Å². The standard InChI is InChI=1S/C12H24N2O/c1-9(13-4)11(15)14-10-5-7-12(2,3)8-6-10/h9-10,13H,5-8H2,1-4H3,(H,14,15). The Morgan fingerprint density at radius 3 is 2.33 bits per heavy atom. The van der Waals surface area contributed by atoms with Gasteiger partial charge in [0.2, 0.25) is 5.91 Å². The van der Waals surface area contributed by atoms with Gasteiger partial charge >= 0.3 is 0 Å². The molecular formula is C12H24N2O. The zero-order valence-electron chi connectivity index (χ0n) is 10.4. The largest absolute Gasteiger partial charge is 0.352 e. The van der Waals surface area contributed by atoms with Crippen LogP contribution in [0.25, 0.3) is 0 Å². The van der Waals surface area contributed by atoms with E-state index >= 15 is 0 Å². The quantitative estimate of drug-likeness (QED) is 0.747. The number of hydrogen-bond donors (Lipinski definition) is 2. The van der Waals surface area contributed by atoms with Crippen LogP contribution in [-0.4, -0.2) is 25.0 Å². The number of likely N-dealkylation sites (N-methyl/N-ethyl adjacent to an activating group) is 1. The maximum absolute atomic E-state index is 11.6. The van der Waals surface area contributed by atoms with E-state index in [1.54, 1.807) is 0 Å². The maximum Gasteiger partial charge on any atom is 0.237 e. The molecule has 1 atom stereocenters. The number of hydrogen-bond acceptors (Lipinski definition) is 2. The fraction of sp³-hybridized carbons (Fsp3) is 0.917. The van der Waals surface area contributed by atoms with Gasteiger partial charge in [0.25, 0.3) is 0 Å². The molecule has 15 heavy (non-hydrogen) atoms. The van der Waals surface area contributed by atoms with E-state index in [1.807, 2.05) is 14.0 Å². The first-order valence-electron chi connectivity index (χ1n) is 5.92. The lowest BCUT2D eigenvalue weighted by molar-refractivity contribution is -0.123. The summed E-state index contributed by atoms with van der Waals surface area (Å²) in [6.07, 6.45) is 4.67. The van der Waals surface area contributed by atoms with Crippen LogP contribution in [0.5, 0.6) is 0 Å². The van der Waals surface area contributed by atoms with E-state index in [0.717, 1.165) is 12.8 Å². The van der Waals surface area contributed by atoms with Gasteiger partial charge in [-0.1, -0.05) is 13.8 Å². The predicted molar refractivity (Wildman–Crippen MR) is 62.7 cm³/mol. The van der Waals surface area contributed by atoms with Crippen molar-refractivity contribution < 1.29 is 4.79 Å². The molecule has 1 amide bonds. The van der Waals surface area contributed by atoms with Gasteiger partial charge in [-0.3, -0.25) is 4.79 Å². The molecule has 0 radical (unpaired) electrons. The topological polar surface area (TPSA) is 41.1 Å². The predicted octanol–water partition coefficient (Wildman–Crippen LogP) is 1.68. The summed E-state index contributed by atoms with van der Waals surface area (Å²) in [5.41, 5.74) is 0.468. The van der Waals surface area contributed by atoms with E-state index in [-0.39, 0.29) is 11.9 Å². The van der Waals surface area contributed by atoms with Gasteiger partial charge < -0.3 is 10.6 Å². The summed E-state index contributed by atoms with van der Waals surface area (Å²) in [5.74, 6) is 0.127. The number of nitrogens with one attached hydrogen (secondary N) is 2. The lowest BCUT2D eigenvalue weighted by Crippen LogP contribution is -2.46. The highest BCUT2D eigenvalue weighted by molar-refractivity contribution is 5.81. The summed E-state index contributed by atoms with van der Waals surface area (Å²) in [4.78, 5) is 11.6. The number of carbonyl (C=O) groups excluding carboxylic acids is 1. The van der Waals surface area contributed by atoms with Gasteiger partial charge in [0.1, 0.15) is 0 Å². The van der Waals surface area contributed by atoms with Crippen LogP contribution >= 0.6 is 0 Å². The van der Waals surface area contributed by atoms with Crippen molar-refractivity contribution in [2.75, 3.05) is 7.05 Å². The summed E-state index contributed by atoms with van der Waals surface area (Å²) < 4.78 is 0. The SMILES string of the molecule is CNC(C)C(=O)NC1CCC(C)(C)CC1. The highest BCUT2D eigenvalue weighted by Gasteiger charge is 2.28. The van der Waals surface area contributed by atoms with Crippen molar-refractivity contribution in [2.24, 2.45) is 5.41 Å². The normalized spacial score (nSPS) is 23.5. The average molecular weight is 212 g/mol. The molecule has 1 fully saturated rings. The van der Waals surface area contributed by atoms with Crippen molar-refractivity contribution in [3.05, 3.63) is 0 Å². The van der Waals surface area contributed by atoms with Crippen LogP contribution in [0.15, 0.2) is 0 Å². The minimum atomic E-state index is -0.0834. The summed E-state index contributed by atoms with van der Waals surface area (Å²) in [6, 6.07) is 0.307. The molecule has 2 N–H and O–H groups in total. The first kappa shape index (κ1) is 12.5. The molecule has 0 aromatic carbocycles. The Kier molecular flexibility index (Phi) is 4.14. The van der Waals surface area contributed by atoms with Crippen LogP contribution in [-0.2, 0) is 4.79 Å². The second kappa shape index (κ2) is 4.97. The minimum absolute atomic E-state index is 0.0834. The maximum atomic E-state index is 11.6. The second-order valence-electron chi connectivity index (χ2n) is 5.46. The Morgan fingerprint density at radius 2 is 1.87 bits per heavy atom.